The number of nitrogens with zero attached hydrogens (tertiary/aromatic N) is 2. The summed E-state index contributed by atoms with van der Waals surface area (Å²) in [6.45, 7) is 8.81. The van der Waals surface area contributed by atoms with Crippen molar-refractivity contribution in [1.29, 1.82) is 0 Å². The molecule has 0 aromatic heterocycles. The van der Waals surface area contributed by atoms with Gasteiger partial charge in [0.2, 0.25) is 0 Å². The van der Waals surface area contributed by atoms with Gasteiger partial charge >= 0.3 is 11.9 Å². The van der Waals surface area contributed by atoms with Crippen LogP contribution in [0.1, 0.15) is 53.9 Å². The zero-order valence-electron chi connectivity index (χ0n) is 12.4. The fraction of sp³-hybridized carbons (Fsp3) is 0.846. The molecule has 0 aliphatic heterocycles. The molecule has 6 heteroatoms. The van der Waals surface area contributed by atoms with Crippen LogP contribution in [0, 0.1) is 0 Å². The second-order valence-corrected chi connectivity index (χ2v) is 4.90. The summed E-state index contributed by atoms with van der Waals surface area (Å²) >= 11 is 0. The van der Waals surface area contributed by atoms with Crippen molar-refractivity contribution in [1.82, 2.24) is 0 Å². The van der Waals surface area contributed by atoms with Crippen molar-refractivity contribution in [3.8, 4) is 0 Å². The number of carboxylic acids is 1. The number of hydrogen-bond acceptors (Lipinski definition) is 5. The zero-order chi connectivity index (χ0) is 15.1. The summed E-state index contributed by atoms with van der Waals surface area (Å²) in [5.41, 5.74) is -2.43. The van der Waals surface area contributed by atoms with E-state index in [0.717, 1.165) is 6.42 Å². The third-order valence-corrected chi connectivity index (χ3v) is 3.21. The average Bonchev–Trinajstić information content (AvgIpc) is 2.41. The fourth-order valence-electron chi connectivity index (χ4n) is 1.09. The Morgan fingerprint density at radius 3 is 1.89 bits per heavy atom. The number of rotatable bonds is 8. The van der Waals surface area contributed by atoms with Gasteiger partial charge in [0.05, 0.1) is 6.61 Å². The normalized spacial score (nSPS) is 17.7. The van der Waals surface area contributed by atoms with Crippen LogP contribution < -0.4 is 0 Å². The molecule has 2 unspecified atom stereocenters. The predicted octanol–water partition coefficient (Wildman–Crippen LogP) is 2.81. The van der Waals surface area contributed by atoms with Gasteiger partial charge in [-0.05, 0) is 33.1 Å². The molecular weight excluding hydrogens is 248 g/mol. The van der Waals surface area contributed by atoms with Crippen LogP contribution in [0.3, 0.4) is 0 Å². The minimum atomic E-state index is -1.30. The van der Waals surface area contributed by atoms with E-state index >= 15 is 0 Å². The van der Waals surface area contributed by atoms with Gasteiger partial charge in [0, 0.05) is 0 Å². The number of ether oxygens (including phenoxy) is 1. The number of carbonyl (C=O) groups excluding carboxylic acids is 1. The van der Waals surface area contributed by atoms with E-state index in [4.69, 9.17) is 9.84 Å². The molecule has 0 aliphatic carbocycles. The molecular formula is C13H24N2O4. The van der Waals surface area contributed by atoms with E-state index in [1.807, 2.05) is 6.92 Å². The zero-order valence-corrected chi connectivity index (χ0v) is 12.4. The van der Waals surface area contributed by atoms with E-state index in [1.165, 1.54) is 6.92 Å². The first-order valence-corrected chi connectivity index (χ1v) is 6.60. The van der Waals surface area contributed by atoms with Crippen LogP contribution in [-0.2, 0) is 14.3 Å². The topological polar surface area (TPSA) is 88.3 Å². The SMILES string of the molecule is CCCOC(=O)C(C)(CC)N=NC(C)(CC)C(=O)O. The molecule has 1 N–H and O–H groups in total. The summed E-state index contributed by atoms with van der Waals surface area (Å²) < 4.78 is 5.07. The van der Waals surface area contributed by atoms with Crippen LogP contribution in [0.15, 0.2) is 10.2 Å². The van der Waals surface area contributed by atoms with Gasteiger partial charge in [-0.2, -0.15) is 10.2 Å². The van der Waals surface area contributed by atoms with Gasteiger partial charge < -0.3 is 9.84 Å². The Balaban J connectivity index is 5.06. The standard InChI is InChI=1S/C13H24N2O4/c1-6-9-19-11(18)13(5,8-3)15-14-12(4,7-2)10(16)17/h6-9H2,1-5H3,(H,16,17). The highest BCUT2D eigenvalue weighted by molar-refractivity contribution is 5.81. The molecule has 6 nitrogen and oxygen atoms in total. The Morgan fingerprint density at radius 1 is 1.05 bits per heavy atom. The molecule has 0 radical (unpaired) electrons. The van der Waals surface area contributed by atoms with E-state index in [-0.39, 0.29) is 0 Å². The van der Waals surface area contributed by atoms with Gasteiger partial charge in [-0.25, -0.2) is 9.59 Å². The molecule has 0 bridgehead atoms. The first-order chi connectivity index (χ1) is 8.75. The summed E-state index contributed by atoms with van der Waals surface area (Å²) in [5, 5.41) is 16.9. The summed E-state index contributed by atoms with van der Waals surface area (Å²) in [7, 11) is 0. The number of carboxylic acid groups (broad SMARTS) is 1. The molecule has 0 aromatic rings. The van der Waals surface area contributed by atoms with Crippen LogP contribution in [0.25, 0.3) is 0 Å². The van der Waals surface area contributed by atoms with Crippen LogP contribution in [0.4, 0.5) is 0 Å². The number of esters is 1. The quantitative estimate of drug-likeness (QED) is 0.543. The summed E-state index contributed by atoms with van der Waals surface area (Å²) in [6.07, 6.45) is 1.43. The largest absolute Gasteiger partial charge is 0.479 e. The van der Waals surface area contributed by atoms with E-state index in [2.05, 4.69) is 10.2 Å². The van der Waals surface area contributed by atoms with Gasteiger partial charge in [-0.1, -0.05) is 20.8 Å². The molecule has 0 aromatic carbocycles. The van der Waals surface area contributed by atoms with Crippen molar-refractivity contribution in [2.75, 3.05) is 6.61 Å². The molecule has 0 rings (SSSR count). The van der Waals surface area contributed by atoms with E-state index in [1.54, 1.807) is 20.8 Å². The van der Waals surface area contributed by atoms with Gasteiger partial charge in [-0.15, -0.1) is 0 Å². The Morgan fingerprint density at radius 2 is 1.53 bits per heavy atom. The van der Waals surface area contributed by atoms with Gasteiger partial charge in [0.25, 0.3) is 0 Å². The van der Waals surface area contributed by atoms with Crippen molar-refractivity contribution in [3.63, 3.8) is 0 Å². The van der Waals surface area contributed by atoms with E-state index in [0.29, 0.717) is 19.4 Å². The maximum Gasteiger partial charge on any atom is 0.335 e. The van der Waals surface area contributed by atoms with Crippen molar-refractivity contribution < 1.29 is 19.4 Å². The van der Waals surface area contributed by atoms with Crippen LogP contribution in [0.2, 0.25) is 0 Å². The number of aliphatic carboxylic acids is 1. The molecule has 2 atom stereocenters. The van der Waals surface area contributed by atoms with E-state index < -0.39 is 23.0 Å². The monoisotopic (exact) mass is 272 g/mol. The highest BCUT2D eigenvalue weighted by Crippen LogP contribution is 2.23. The minimum Gasteiger partial charge on any atom is -0.479 e. The Bertz CT molecular complexity index is 357. The average molecular weight is 272 g/mol. The first-order valence-electron chi connectivity index (χ1n) is 6.60. The number of azo groups is 1. The molecule has 0 amide bonds. The molecule has 0 saturated heterocycles. The maximum absolute atomic E-state index is 11.9. The Kier molecular flexibility index (Phi) is 6.65. The summed E-state index contributed by atoms with van der Waals surface area (Å²) in [6, 6.07) is 0. The molecule has 19 heavy (non-hydrogen) atoms. The highest BCUT2D eigenvalue weighted by Gasteiger charge is 2.37. The molecule has 0 heterocycles. The predicted molar refractivity (Wildman–Crippen MR) is 71.1 cm³/mol. The van der Waals surface area contributed by atoms with Gasteiger partial charge in [0.15, 0.2) is 11.1 Å². The lowest BCUT2D eigenvalue weighted by Gasteiger charge is -2.23. The second-order valence-electron chi connectivity index (χ2n) is 4.90. The van der Waals surface area contributed by atoms with Crippen molar-refractivity contribution in [2.45, 2.75) is 65.0 Å². The van der Waals surface area contributed by atoms with E-state index in [9.17, 15) is 9.59 Å². The summed E-state index contributed by atoms with van der Waals surface area (Å²) in [4.78, 5) is 23.0. The second kappa shape index (κ2) is 7.21. The lowest BCUT2D eigenvalue weighted by molar-refractivity contribution is -0.150. The third kappa shape index (κ3) is 4.61. The highest BCUT2D eigenvalue weighted by atomic mass is 16.5. The first kappa shape index (κ1) is 17.5. The molecule has 0 aliphatic rings. The lowest BCUT2D eigenvalue weighted by atomic mass is 9.99. The summed E-state index contributed by atoms with van der Waals surface area (Å²) in [5.74, 6) is -1.52. The van der Waals surface area contributed by atoms with Crippen LogP contribution in [-0.4, -0.2) is 34.7 Å². The molecule has 0 spiro atoms. The number of carbonyl (C=O) groups is 2. The Hall–Kier alpha value is -1.46. The molecule has 110 valence electrons. The lowest BCUT2D eigenvalue weighted by Crippen LogP contribution is -2.37. The number of hydrogen-bond donors (Lipinski definition) is 1. The van der Waals surface area contributed by atoms with Crippen LogP contribution >= 0.6 is 0 Å². The minimum absolute atomic E-state index is 0.301. The van der Waals surface area contributed by atoms with Gasteiger partial charge in [-0.3, -0.25) is 0 Å². The van der Waals surface area contributed by atoms with Crippen molar-refractivity contribution >= 4 is 11.9 Å². The van der Waals surface area contributed by atoms with Gasteiger partial charge in [0.1, 0.15) is 0 Å². The fourth-order valence-corrected chi connectivity index (χ4v) is 1.09. The molecule has 0 saturated carbocycles. The maximum atomic E-state index is 11.9. The smallest absolute Gasteiger partial charge is 0.335 e. The third-order valence-electron chi connectivity index (χ3n) is 3.21. The Labute approximate surface area is 114 Å². The van der Waals surface area contributed by atoms with Crippen molar-refractivity contribution in [2.24, 2.45) is 10.2 Å². The van der Waals surface area contributed by atoms with Crippen molar-refractivity contribution in [3.05, 3.63) is 0 Å². The molecule has 0 fully saturated rings. The van der Waals surface area contributed by atoms with Crippen LogP contribution in [0.5, 0.6) is 0 Å².